The summed E-state index contributed by atoms with van der Waals surface area (Å²) in [5.41, 5.74) is -0.241. The van der Waals surface area contributed by atoms with Crippen molar-refractivity contribution in [1.29, 1.82) is 0 Å². The molecule has 46 heavy (non-hydrogen) atoms. The normalized spacial score (nSPS) is 23.6. The summed E-state index contributed by atoms with van der Waals surface area (Å²) >= 11 is 1.75. The molecule has 10 heteroatoms. The van der Waals surface area contributed by atoms with Crippen molar-refractivity contribution in [2.45, 2.75) is 190 Å². The van der Waals surface area contributed by atoms with Crippen LogP contribution < -0.4 is 0 Å². The molecule has 0 N–H and O–H groups in total. The monoisotopic (exact) mass is 728 g/mol. The van der Waals surface area contributed by atoms with E-state index in [1.165, 1.54) is 4.90 Å². The zero-order chi connectivity index (χ0) is 35.9. The van der Waals surface area contributed by atoms with Crippen LogP contribution in [0.5, 0.6) is 0 Å². The van der Waals surface area contributed by atoms with Crippen LogP contribution >= 0.6 is 11.8 Å². The van der Waals surface area contributed by atoms with E-state index in [9.17, 15) is 0 Å². The molecule has 1 fully saturated rings. The van der Waals surface area contributed by atoms with Gasteiger partial charge >= 0.3 is 0 Å². The fraction of sp³-hybridized carbons (Fsp3) is 0.833. The molecule has 0 radical (unpaired) electrons. The molecule has 0 amide bonds. The molecule has 268 valence electrons. The van der Waals surface area contributed by atoms with Gasteiger partial charge in [-0.3, -0.25) is 0 Å². The Morgan fingerprint density at radius 1 is 0.609 bits per heavy atom. The van der Waals surface area contributed by atoms with Crippen molar-refractivity contribution < 1.29 is 22.4 Å². The van der Waals surface area contributed by atoms with Crippen LogP contribution in [-0.4, -0.2) is 69.7 Å². The fourth-order valence-electron chi connectivity index (χ4n) is 4.23. The Bertz CT molecular complexity index is 1110. The summed E-state index contributed by atoms with van der Waals surface area (Å²) in [7, 11) is -8.78. The van der Waals surface area contributed by atoms with Gasteiger partial charge < -0.3 is 22.4 Å². The molecule has 1 heterocycles. The van der Waals surface area contributed by atoms with E-state index in [1.54, 1.807) is 11.8 Å². The molecular formula is C36H72O5SSi4. The third-order valence-corrected chi connectivity index (χ3v) is 30.8. The van der Waals surface area contributed by atoms with Crippen LogP contribution in [0.3, 0.4) is 0 Å². The van der Waals surface area contributed by atoms with Crippen LogP contribution in [0.1, 0.15) is 83.1 Å². The zero-order valence-corrected chi connectivity index (χ0v) is 38.2. The highest BCUT2D eigenvalue weighted by atomic mass is 32.2. The third kappa shape index (κ3) is 10.4. The number of ether oxygens (including phenoxy) is 1. The molecule has 0 aliphatic carbocycles. The lowest BCUT2D eigenvalue weighted by atomic mass is 10.1. The van der Waals surface area contributed by atoms with Gasteiger partial charge in [0.05, 0.1) is 12.7 Å². The number of hydrogen-bond donors (Lipinski definition) is 0. The minimum Gasteiger partial charge on any atom is -0.414 e. The molecule has 5 atom stereocenters. The lowest BCUT2D eigenvalue weighted by Gasteiger charge is -2.46. The average molecular weight is 729 g/mol. The second kappa shape index (κ2) is 14.5. The van der Waals surface area contributed by atoms with Gasteiger partial charge in [0.25, 0.3) is 0 Å². The van der Waals surface area contributed by atoms with Crippen LogP contribution in [-0.2, 0) is 22.4 Å². The van der Waals surface area contributed by atoms with Crippen LogP contribution in [0, 0.1) is 0 Å². The van der Waals surface area contributed by atoms with Gasteiger partial charge in [-0.05, 0) is 84.7 Å². The molecule has 1 aromatic rings. The van der Waals surface area contributed by atoms with Crippen molar-refractivity contribution in [3.8, 4) is 0 Å². The second-order valence-electron chi connectivity index (χ2n) is 19.6. The Morgan fingerprint density at radius 2 is 1.02 bits per heavy atom. The Labute approximate surface area is 293 Å². The van der Waals surface area contributed by atoms with Crippen molar-refractivity contribution in [2.24, 2.45) is 0 Å². The summed E-state index contributed by atoms with van der Waals surface area (Å²) in [5.74, 6) is 0. The minimum absolute atomic E-state index is 0.0250. The maximum Gasteiger partial charge on any atom is 0.192 e. The molecule has 1 aromatic carbocycles. The highest BCUT2D eigenvalue weighted by molar-refractivity contribution is 7.99. The SMILES string of the molecule is CC(C)(C)[Si](C)(C)OC[C@@H](O[Si](C)(C)C(C)(C)C)[C@@H]1O[C@@H](Sc2ccccc2)[C@H](O[Si](C)(C)C(C)(C)C)[C@H]1O[Si](C)(C)C(C)(C)C. The minimum atomic E-state index is -2.26. The van der Waals surface area contributed by atoms with Crippen LogP contribution in [0.25, 0.3) is 0 Å². The van der Waals surface area contributed by atoms with Gasteiger partial charge in [-0.25, -0.2) is 0 Å². The van der Waals surface area contributed by atoms with Crippen LogP contribution in [0.4, 0.5) is 0 Å². The molecule has 0 unspecified atom stereocenters. The summed E-state index contributed by atoms with van der Waals surface area (Å²) < 4.78 is 36.5. The molecule has 1 aliphatic heterocycles. The van der Waals surface area contributed by atoms with Crippen molar-refractivity contribution in [2.75, 3.05) is 6.61 Å². The summed E-state index contributed by atoms with van der Waals surface area (Å²) in [6.07, 6.45) is -1.14. The molecule has 0 aromatic heterocycles. The maximum atomic E-state index is 7.48. The molecule has 5 nitrogen and oxygen atoms in total. The first kappa shape index (κ1) is 42.4. The van der Waals surface area contributed by atoms with E-state index in [0.717, 1.165) is 0 Å². The summed E-state index contributed by atoms with van der Waals surface area (Å²) in [6.45, 7) is 46.9. The second-order valence-corrected chi connectivity index (χ2v) is 39.8. The molecular weight excluding hydrogens is 657 g/mol. The van der Waals surface area contributed by atoms with Gasteiger partial charge in [0.15, 0.2) is 33.3 Å². The third-order valence-electron chi connectivity index (χ3n) is 11.7. The lowest BCUT2D eigenvalue weighted by Crippen LogP contribution is -2.58. The Hall–Kier alpha value is 0.238. The van der Waals surface area contributed by atoms with E-state index in [-0.39, 0.29) is 50.0 Å². The first-order chi connectivity index (χ1) is 20.3. The number of thioether (sulfide) groups is 1. The Balaban J connectivity index is 2.78. The van der Waals surface area contributed by atoms with E-state index in [2.05, 4.69) is 166 Å². The van der Waals surface area contributed by atoms with Crippen LogP contribution in [0.2, 0.25) is 72.5 Å². The molecule has 1 saturated heterocycles. The summed E-state index contributed by atoms with van der Waals surface area (Å²) in [5, 5.41) is 0.182. The van der Waals surface area contributed by atoms with Gasteiger partial charge in [-0.2, -0.15) is 0 Å². The lowest BCUT2D eigenvalue weighted by molar-refractivity contribution is -0.0595. The first-order valence-electron chi connectivity index (χ1n) is 17.4. The van der Waals surface area contributed by atoms with Crippen molar-refractivity contribution in [3.05, 3.63) is 30.3 Å². The van der Waals surface area contributed by atoms with Crippen molar-refractivity contribution in [1.82, 2.24) is 0 Å². The van der Waals surface area contributed by atoms with Gasteiger partial charge in [0, 0.05) is 4.90 Å². The first-order valence-corrected chi connectivity index (χ1v) is 29.9. The van der Waals surface area contributed by atoms with Gasteiger partial charge in [0.1, 0.15) is 23.7 Å². The smallest absolute Gasteiger partial charge is 0.192 e. The quantitative estimate of drug-likeness (QED) is 0.200. The number of hydrogen-bond acceptors (Lipinski definition) is 6. The van der Waals surface area contributed by atoms with Gasteiger partial charge in [-0.1, -0.05) is 113 Å². The Morgan fingerprint density at radius 3 is 1.43 bits per heavy atom. The topological polar surface area (TPSA) is 46.2 Å². The van der Waals surface area contributed by atoms with E-state index in [0.29, 0.717) is 6.61 Å². The predicted molar refractivity (Wildman–Crippen MR) is 210 cm³/mol. The highest BCUT2D eigenvalue weighted by Gasteiger charge is 2.57. The van der Waals surface area contributed by atoms with E-state index < -0.39 is 33.3 Å². The molecule has 2 rings (SSSR count). The Kier molecular flexibility index (Phi) is 13.3. The highest BCUT2D eigenvalue weighted by Crippen LogP contribution is 2.48. The van der Waals surface area contributed by atoms with E-state index >= 15 is 0 Å². The molecule has 0 bridgehead atoms. The van der Waals surface area contributed by atoms with E-state index in [4.69, 9.17) is 22.4 Å². The number of rotatable bonds is 12. The van der Waals surface area contributed by atoms with Gasteiger partial charge in [0.2, 0.25) is 0 Å². The molecule has 0 spiro atoms. The van der Waals surface area contributed by atoms with Crippen molar-refractivity contribution >= 4 is 45.0 Å². The predicted octanol–water partition coefficient (Wildman–Crippen LogP) is 11.7. The van der Waals surface area contributed by atoms with Crippen LogP contribution in [0.15, 0.2) is 35.2 Å². The molecule has 1 aliphatic rings. The largest absolute Gasteiger partial charge is 0.414 e. The average Bonchev–Trinajstić information content (AvgIpc) is 3.14. The summed E-state index contributed by atoms with van der Waals surface area (Å²) in [6, 6.07) is 10.6. The van der Waals surface area contributed by atoms with Crippen molar-refractivity contribution in [3.63, 3.8) is 0 Å². The standard InChI is InChI=1S/C36H72O5SSi4/c1-33(2,3)43(13,14)37-26-28(39-44(15,16)34(4,5)6)29-30(40-45(17,18)35(7,8)9)31(41-46(19,20)36(10,11)12)32(38-29)42-27-24-22-21-23-25-27/h21-25,28-32H,26H2,1-20H3/t28-,29+,30+,31-,32+/m1/s1. The van der Waals surface area contributed by atoms with Gasteiger partial charge in [-0.15, -0.1) is 0 Å². The summed E-state index contributed by atoms with van der Waals surface area (Å²) in [4.78, 5) is 1.17. The van der Waals surface area contributed by atoms with E-state index in [1.807, 2.05) is 0 Å². The molecule has 0 saturated carbocycles. The zero-order valence-electron chi connectivity index (χ0n) is 33.4. The maximum absolute atomic E-state index is 7.48. The fourth-order valence-corrected chi connectivity index (χ4v) is 10.4. The number of benzene rings is 1.